The van der Waals surface area contributed by atoms with Crippen molar-refractivity contribution in [2.24, 2.45) is 5.92 Å². The number of rotatable bonds is 5. The molecule has 0 aromatic heterocycles. The highest BCUT2D eigenvalue weighted by molar-refractivity contribution is 5.95. The Balaban J connectivity index is 2.07. The van der Waals surface area contributed by atoms with Crippen LogP contribution in [-0.4, -0.2) is 42.1 Å². The number of piperidine rings is 1. The molecule has 120 valence electrons. The molecule has 1 heterocycles. The molecule has 0 unspecified atom stereocenters. The van der Waals surface area contributed by atoms with E-state index in [2.05, 4.69) is 0 Å². The number of hydrogen-bond donors (Lipinski definition) is 1. The molecule has 0 radical (unpaired) electrons. The lowest BCUT2D eigenvalue weighted by Crippen LogP contribution is -2.40. The van der Waals surface area contributed by atoms with Gasteiger partial charge in [-0.3, -0.25) is 9.59 Å². The third kappa shape index (κ3) is 3.75. The van der Waals surface area contributed by atoms with Crippen molar-refractivity contribution in [3.63, 3.8) is 0 Å². The molecule has 1 aromatic carbocycles. The van der Waals surface area contributed by atoms with Crippen molar-refractivity contribution >= 4 is 11.9 Å². The molecule has 1 N–H and O–H groups in total. The number of methoxy groups -OCH3 is 1. The van der Waals surface area contributed by atoms with Crippen molar-refractivity contribution in [2.75, 3.05) is 20.2 Å². The van der Waals surface area contributed by atoms with Gasteiger partial charge < -0.3 is 14.7 Å². The molecule has 0 saturated carbocycles. The van der Waals surface area contributed by atoms with Crippen molar-refractivity contribution in [1.82, 2.24) is 4.90 Å². The van der Waals surface area contributed by atoms with Gasteiger partial charge in [-0.25, -0.2) is 4.39 Å². The van der Waals surface area contributed by atoms with E-state index >= 15 is 0 Å². The molecule has 1 fully saturated rings. The van der Waals surface area contributed by atoms with Gasteiger partial charge in [0.2, 0.25) is 0 Å². The fourth-order valence-corrected chi connectivity index (χ4v) is 2.82. The first-order chi connectivity index (χ1) is 10.5. The predicted molar refractivity (Wildman–Crippen MR) is 78.4 cm³/mol. The normalized spacial score (nSPS) is 18.1. The predicted octanol–water partition coefficient (Wildman–Crippen LogP) is 2.55. The van der Waals surface area contributed by atoms with Gasteiger partial charge in [0.25, 0.3) is 5.91 Å². The van der Waals surface area contributed by atoms with Crippen molar-refractivity contribution in [3.05, 3.63) is 29.6 Å². The standard InChI is InChI=1S/C16H20FNO4/c1-22-13-6-2-5-12(15(13)17)16(21)18-9-3-4-11(10-18)7-8-14(19)20/h2,5-6,11H,3-4,7-10H2,1H3,(H,19,20)/t11-/m1/s1. The zero-order chi connectivity index (χ0) is 16.1. The van der Waals surface area contributed by atoms with E-state index in [4.69, 9.17) is 9.84 Å². The van der Waals surface area contributed by atoms with Crippen molar-refractivity contribution in [2.45, 2.75) is 25.7 Å². The Labute approximate surface area is 128 Å². The summed E-state index contributed by atoms with van der Waals surface area (Å²) in [5.41, 5.74) is -0.00163. The summed E-state index contributed by atoms with van der Waals surface area (Å²) in [7, 11) is 1.36. The maximum Gasteiger partial charge on any atom is 0.303 e. The van der Waals surface area contributed by atoms with Crippen LogP contribution >= 0.6 is 0 Å². The number of carboxylic acid groups (broad SMARTS) is 1. The van der Waals surface area contributed by atoms with Gasteiger partial charge in [0, 0.05) is 19.5 Å². The number of nitrogens with zero attached hydrogens (tertiary/aromatic N) is 1. The first-order valence-electron chi connectivity index (χ1n) is 7.36. The van der Waals surface area contributed by atoms with Crippen LogP contribution in [0.4, 0.5) is 4.39 Å². The summed E-state index contributed by atoms with van der Waals surface area (Å²) in [6.45, 7) is 1.04. The van der Waals surface area contributed by atoms with Crippen LogP contribution in [0.3, 0.4) is 0 Å². The monoisotopic (exact) mass is 309 g/mol. The van der Waals surface area contributed by atoms with E-state index in [1.807, 2.05) is 0 Å². The van der Waals surface area contributed by atoms with E-state index in [1.165, 1.54) is 19.2 Å². The van der Waals surface area contributed by atoms with Gasteiger partial charge in [-0.2, -0.15) is 0 Å². The van der Waals surface area contributed by atoms with Crippen LogP contribution in [0.25, 0.3) is 0 Å². The van der Waals surface area contributed by atoms with Crippen molar-refractivity contribution in [1.29, 1.82) is 0 Å². The third-order valence-electron chi connectivity index (χ3n) is 3.99. The van der Waals surface area contributed by atoms with Gasteiger partial charge in [-0.15, -0.1) is 0 Å². The summed E-state index contributed by atoms with van der Waals surface area (Å²) < 4.78 is 19.1. The Morgan fingerprint density at radius 2 is 2.23 bits per heavy atom. The maximum absolute atomic E-state index is 14.2. The average Bonchev–Trinajstić information content (AvgIpc) is 2.53. The van der Waals surface area contributed by atoms with E-state index in [0.29, 0.717) is 19.5 Å². The van der Waals surface area contributed by atoms with Gasteiger partial charge in [0.05, 0.1) is 12.7 Å². The highest BCUT2D eigenvalue weighted by Gasteiger charge is 2.27. The number of amides is 1. The minimum Gasteiger partial charge on any atom is -0.494 e. The van der Waals surface area contributed by atoms with Gasteiger partial charge in [-0.1, -0.05) is 6.07 Å². The Hall–Kier alpha value is -2.11. The lowest BCUT2D eigenvalue weighted by atomic mass is 9.93. The maximum atomic E-state index is 14.2. The van der Waals surface area contributed by atoms with E-state index < -0.39 is 11.8 Å². The van der Waals surface area contributed by atoms with Crippen molar-refractivity contribution in [3.8, 4) is 5.75 Å². The molecule has 0 aliphatic carbocycles. The number of ether oxygens (including phenoxy) is 1. The minimum absolute atomic E-state index is 0.00163. The fourth-order valence-electron chi connectivity index (χ4n) is 2.82. The number of halogens is 1. The van der Waals surface area contributed by atoms with Gasteiger partial charge >= 0.3 is 5.97 Å². The Bertz CT molecular complexity index is 561. The number of hydrogen-bond acceptors (Lipinski definition) is 3. The first-order valence-corrected chi connectivity index (χ1v) is 7.36. The Morgan fingerprint density at radius 3 is 2.91 bits per heavy atom. The summed E-state index contributed by atoms with van der Waals surface area (Å²) in [6.07, 6.45) is 2.35. The Kier molecular flexibility index (Phi) is 5.35. The SMILES string of the molecule is COc1cccc(C(=O)N2CCC[C@H](CCC(=O)O)C2)c1F. The van der Waals surface area contributed by atoms with E-state index in [-0.39, 0.29) is 29.6 Å². The first kappa shape index (κ1) is 16.3. The largest absolute Gasteiger partial charge is 0.494 e. The van der Waals surface area contributed by atoms with Gasteiger partial charge in [0.15, 0.2) is 11.6 Å². The topological polar surface area (TPSA) is 66.8 Å². The van der Waals surface area contributed by atoms with Crippen LogP contribution in [0.15, 0.2) is 18.2 Å². The molecule has 1 atom stereocenters. The van der Waals surface area contributed by atoms with E-state index in [0.717, 1.165) is 12.8 Å². The molecule has 0 spiro atoms. The Morgan fingerprint density at radius 1 is 1.45 bits per heavy atom. The number of benzene rings is 1. The van der Waals surface area contributed by atoms with Crippen LogP contribution in [0.5, 0.6) is 5.75 Å². The van der Waals surface area contributed by atoms with Crippen LogP contribution in [-0.2, 0) is 4.79 Å². The van der Waals surface area contributed by atoms with Crippen LogP contribution in [0.2, 0.25) is 0 Å². The highest BCUT2D eigenvalue weighted by atomic mass is 19.1. The number of aliphatic carboxylic acids is 1. The molecule has 1 saturated heterocycles. The molecular weight excluding hydrogens is 289 g/mol. The number of carboxylic acids is 1. The summed E-state index contributed by atoms with van der Waals surface area (Å²) >= 11 is 0. The van der Waals surface area contributed by atoms with E-state index in [9.17, 15) is 14.0 Å². The molecule has 1 aromatic rings. The quantitative estimate of drug-likeness (QED) is 0.907. The molecule has 1 aliphatic heterocycles. The van der Waals surface area contributed by atoms with Crippen LogP contribution in [0, 0.1) is 11.7 Å². The minimum atomic E-state index is -0.831. The lowest BCUT2D eigenvalue weighted by Gasteiger charge is -2.32. The average molecular weight is 309 g/mol. The van der Waals surface area contributed by atoms with E-state index in [1.54, 1.807) is 11.0 Å². The number of carbonyl (C=O) groups excluding carboxylic acids is 1. The number of likely N-dealkylation sites (tertiary alicyclic amines) is 1. The molecular formula is C16H20FNO4. The molecule has 5 nitrogen and oxygen atoms in total. The molecule has 2 rings (SSSR count). The summed E-state index contributed by atoms with van der Waals surface area (Å²) in [5, 5.41) is 8.75. The summed E-state index contributed by atoms with van der Waals surface area (Å²) in [6, 6.07) is 4.50. The molecule has 22 heavy (non-hydrogen) atoms. The van der Waals surface area contributed by atoms with Crippen molar-refractivity contribution < 1.29 is 23.8 Å². The second-order valence-electron chi connectivity index (χ2n) is 5.51. The lowest BCUT2D eigenvalue weighted by molar-refractivity contribution is -0.137. The van der Waals surface area contributed by atoms with Crippen LogP contribution in [0.1, 0.15) is 36.0 Å². The molecule has 0 bridgehead atoms. The van der Waals surface area contributed by atoms with Gasteiger partial charge in [0.1, 0.15) is 0 Å². The second-order valence-corrected chi connectivity index (χ2v) is 5.51. The third-order valence-corrected chi connectivity index (χ3v) is 3.99. The molecule has 1 amide bonds. The van der Waals surface area contributed by atoms with Gasteiger partial charge in [-0.05, 0) is 37.3 Å². The smallest absolute Gasteiger partial charge is 0.303 e. The summed E-state index contributed by atoms with van der Waals surface area (Å²) in [5.74, 6) is -1.64. The molecule has 6 heteroatoms. The zero-order valence-electron chi connectivity index (χ0n) is 12.5. The second kappa shape index (κ2) is 7.24. The van der Waals surface area contributed by atoms with Crippen LogP contribution < -0.4 is 4.74 Å². The fraction of sp³-hybridized carbons (Fsp3) is 0.500. The molecule has 1 aliphatic rings. The number of carbonyl (C=O) groups is 2. The zero-order valence-corrected chi connectivity index (χ0v) is 12.5. The highest BCUT2D eigenvalue weighted by Crippen LogP contribution is 2.25. The summed E-state index contributed by atoms with van der Waals surface area (Å²) in [4.78, 5) is 24.7.